The zero-order valence-electron chi connectivity index (χ0n) is 19.0. The van der Waals surface area contributed by atoms with Crippen molar-refractivity contribution in [1.82, 2.24) is 5.32 Å². The highest BCUT2D eigenvalue weighted by atomic mass is 32.2. The molecule has 4 aliphatic carbocycles. The van der Waals surface area contributed by atoms with Gasteiger partial charge in [-0.15, -0.1) is 0 Å². The van der Waals surface area contributed by atoms with E-state index in [2.05, 4.69) is 17.4 Å². The maximum absolute atomic E-state index is 13.5. The van der Waals surface area contributed by atoms with Crippen molar-refractivity contribution in [2.75, 3.05) is 13.7 Å². The Labute approximate surface area is 196 Å². The molecule has 4 bridgehead atoms. The average molecular weight is 469 g/mol. The van der Waals surface area contributed by atoms with Gasteiger partial charge in [0.25, 0.3) is 0 Å². The van der Waals surface area contributed by atoms with E-state index in [-0.39, 0.29) is 21.6 Å². The van der Waals surface area contributed by atoms with Crippen LogP contribution < -0.4 is 15.2 Å². The van der Waals surface area contributed by atoms with Crippen molar-refractivity contribution in [1.29, 1.82) is 0 Å². The van der Waals surface area contributed by atoms with E-state index in [1.807, 2.05) is 12.1 Å². The van der Waals surface area contributed by atoms with Gasteiger partial charge in [-0.2, -0.15) is 0 Å². The van der Waals surface area contributed by atoms with Gasteiger partial charge in [0.2, 0.25) is 15.9 Å². The lowest BCUT2D eigenvalue weighted by molar-refractivity contribution is -0.149. The molecule has 6 rings (SSSR count). The Morgan fingerprint density at radius 3 is 2.24 bits per heavy atom. The topological polar surface area (TPSA) is 98.5 Å². The number of amides is 1. The minimum Gasteiger partial charge on any atom is -0.497 e. The number of methoxy groups -OCH3 is 1. The van der Waals surface area contributed by atoms with Gasteiger partial charge in [0.15, 0.2) is 0 Å². The molecule has 3 N–H and O–H groups in total. The van der Waals surface area contributed by atoms with Gasteiger partial charge in [0, 0.05) is 6.54 Å². The Morgan fingerprint density at radius 1 is 1.03 bits per heavy atom. The number of nitrogens with one attached hydrogen (secondary N) is 1. The highest BCUT2D eigenvalue weighted by Crippen LogP contribution is 2.65. The molecular weight excluding hydrogens is 436 g/mol. The molecule has 0 spiro atoms. The largest absolute Gasteiger partial charge is 0.497 e. The first kappa shape index (κ1) is 22.4. The fraction of sp³-hybridized carbons (Fsp3) is 0.500. The van der Waals surface area contributed by atoms with Gasteiger partial charge in [-0.3, -0.25) is 4.79 Å². The number of nitrogens with two attached hydrogens (primary N) is 1. The molecule has 2 atom stereocenters. The molecule has 4 saturated carbocycles. The zero-order valence-corrected chi connectivity index (χ0v) is 19.9. The van der Waals surface area contributed by atoms with Crippen LogP contribution in [0.5, 0.6) is 5.75 Å². The Morgan fingerprint density at radius 2 is 1.67 bits per heavy atom. The molecule has 2 aromatic carbocycles. The Balaban J connectivity index is 1.28. The molecule has 0 aromatic heterocycles. The van der Waals surface area contributed by atoms with Crippen LogP contribution in [0, 0.1) is 17.3 Å². The SMILES string of the molecule is COc1ccc(C23CC4CC(CC(C(=O)NCCc5ccc(S(N)(=O)=O)cc5)(C4)C2)C3)cc1. The smallest absolute Gasteiger partial charge is 0.238 e. The molecule has 4 fully saturated rings. The van der Waals surface area contributed by atoms with Crippen molar-refractivity contribution in [3.05, 3.63) is 59.7 Å². The highest BCUT2D eigenvalue weighted by Gasteiger charge is 2.60. The zero-order chi connectivity index (χ0) is 23.3. The lowest BCUT2D eigenvalue weighted by Crippen LogP contribution is -2.59. The van der Waals surface area contributed by atoms with Crippen molar-refractivity contribution in [2.24, 2.45) is 22.4 Å². The summed E-state index contributed by atoms with van der Waals surface area (Å²) in [4.78, 5) is 13.6. The lowest BCUT2D eigenvalue weighted by Gasteiger charge is -2.61. The third-order valence-electron chi connectivity index (χ3n) is 8.20. The van der Waals surface area contributed by atoms with Crippen LogP contribution in [0.15, 0.2) is 53.4 Å². The monoisotopic (exact) mass is 468 g/mol. The van der Waals surface area contributed by atoms with E-state index in [0.29, 0.717) is 24.8 Å². The van der Waals surface area contributed by atoms with Gasteiger partial charge < -0.3 is 10.1 Å². The Kier molecular flexibility index (Phi) is 5.52. The van der Waals surface area contributed by atoms with Crippen LogP contribution in [-0.4, -0.2) is 28.0 Å². The minimum atomic E-state index is -3.69. The van der Waals surface area contributed by atoms with Crippen molar-refractivity contribution in [3.8, 4) is 5.75 Å². The molecule has 176 valence electrons. The van der Waals surface area contributed by atoms with E-state index in [0.717, 1.165) is 30.6 Å². The third-order valence-corrected chi connectivity index (χ3v) is 9.13. The number of carbonyl (C=O) groups is 1. The first-order valence-electron chi connectivity index (χ1n) is 11.8. The van der Waals surface area contributed by atoms with E-state index in [4.69, 9.17) is 9.88 Å². The lowest BCUT2D eigenvalue weighted by atomic mass is 9.42. The predicted molar refractivity (Wildman–Crippen MR) is 126 cm³/mol. The summed E-state index contributed by atoms with van der Waals surface area (Å²) < 4.78 is 28.2. The van der Waals surface area contributed by atoms with Gasteiger partial charge >= 0.3 is 0 Å². The van der Waals surface area contributed by atoms with Gasteiger partial charge in [-0.25, -0.2) is 13.6 Å². The van der Waals surface area contributed by atoms with E-state index in [1.165, 1.54) is 37.0 Å². The fourth-order valence-electron chi connectivity index (χ4n) is 7.16. The van der Waals surface area contributed by atoms with Gasteiger partial charge in [0.05, 0.1) is 17.4 Å². The average Bonchev–Trinajstić information content (AvgIpc) is 2.78. The molecule has 0 aliphatic heterocycles. The van der Waals surface area contributed by atoms with E-state index >= 15 is 0 Å². The summed E-state index contributed by atoms with van der Waals surface area (Å²) in [6.45, 7) is 0.542. The number of rotatable bonds is 7. The molecule has 33 heavy (non-hydrogen) atoms. The van der Waals surface area contributed by atoms with Gasteiger partial charge in [-0.05, 0) is 97.6 Å². The molecule has 2 aromatic rings. The number of sulfonamides is 1. The summed E-state index contributed by atoms with van der Waals surface area (Å²) in [7, 11) is -2.00. The summed E-state index contributed by atoms with van der Waals surface area (Å²) in [5.41, 5.74) is 2.14. The van der Waals surface area contributed by atoms with Crippen LogP contribution in [0.2, 0.25) is 0 Å². The summed E-state index contributed by atoms with van der Waals surface area (Å²) in [5, 5.41) is 8.38. The summed E-state index contributed by atoms with van der Waals surface area (Å²) in [6.07, 6.45) is 7.19. The van der Waals surface area contributed by atoms with Crippen LogP contribution in [-0.2, 0) is 26.7 Å². The van der Waals surface area contributed by atoms with Crippen LogP contribution in [0.4, 0.5) is 0 Å². The van der Waals surface area contributed by atoms with Crippen molar-refractivity contribution in [2.45, 2.75) is 55.3 Å². The third kappa shape index (κ3) is 4.17. The van der Waals surface area contributed by atoms with E-state index in [9.17, 15) is 13.2 Å². The van der Waals surface area contributed by atoms with Gasteiger partial charge in [-0.1, -0.05) is 24.3 Å². The minimum absolute atomic E-state index is 0.0945. The molecule has 0 heterocycles. The second kappa shape index (κ2) is 8.13. The standard InChI is InChI=1S/C26H32N2O4S/c1-32-22-6-4-21(5-7-22)25-13-19-12-20(14-25)16-26(15-19,17-25)24(29)28-11-10-18-2-8-23(9-3-18)33(27,30)31/h2-9,19-20H,10-17H2,1H3,(H,28,29)(H2,27,30,31). The fourth-order valence-corrected chi connectivity index (χ4v) is 7.68. The van der Waals surface area contributed by atoms with Crippen LogP contribution >= 0.6 is 0 Å². The molecule has 0 radical (unpaired) electrons. The molecule has 0 saturated heterocycles. The predicted octanol–water partition coefficient (Wildman–Crippen LogP) is 3.54. The second-order valence-electron chi connectivity index (χ2n) is 10.4. The number of ether oxygens (including phenoxy) is 1. The van der Waals surface area contributed by atoms with Crippen LogP contribution in [0.1, 0.15) is 49.7 Å². The van der Waals surface area contributed by atoms with Crippen LogP contribution in [0.25, 0.3) is 0 Å². The second-order valence-corrected chi connectivity index (χ2v) is 12.0. The first-order chi connectivity index (χ1) is 15.7. The molecule has 2 unspecified atom stereocenters. The van der Waals surface area contributed by atoms with E-state index in [1.54, 1.807) is 19.2 Å². The maximum Gasteiger partial charge on any atom is 0.238 e. The number of carbonyl (C=O) groups excluding carboxylic acids is 1. The van der Waals surface area contributed by atoms with Crippen molar-refractivity contribution < 1.29 is 17.9 Å². The highest BCUT2D eigenvalue weighted by molar-refractivity contribution is 7.89. The Bertz CT molecular complexity index is 1130. The maximum atomic E-state index is 13.5. The number of primary sulfonamides is 1. The molecule has 4 aliphatic rings. The van der Waals surface area contributed by atoms with Crippen molar-refractivity contribution in [3.63, 3.8) is 0 Å². The number of hydrogen-bond acceptors (Lipinski definition) is 4. The molecule has 1 amide bonds. The summed E-state index contributed by atoms with van der Waals surface area (Å²) >= 11 is 0. The normalized spacial score (nSPS) is 30.2. The van der Waals surface area contributed by atoms with E-state index < -0.39 is 10.0 Å². The first-order valence-corrected chi connectivity index (χ1v) is 13.3. The van der Waals surface area contributed by atoms with Crippen molar-refractivity contribution >= 4 is 15.9 Å². The van der Waals surface area contributed by atoms with Gasteiger partial charge in [0.1, 0.15) is 5.75 Å². The molecule has 7 heteroatoms. The number of benzene rings is 2. The quantitative estimate of drug-likeness (QED) is 0.649. The number of hydrogen-bond donors (Lipinski definition) is 2. The Hall–Kier alpha value is -2.38. The molecular formula is C26H32N2O4S. The van der Waals surface area contributed by atoms with Crippen LogP contribution in [0.3, 0.4) is 0 Å². The summed E-state index contributed by atoms with van der Waals surface area (Å²) in [5.74, 6) is 2.29. The molecule has 6 nitrogen and oxygen atoms in total. The summed E-state index contributed by atoms with van der Waals surface area (Å²) in [6, 6.07) is 15.0.